The summed E-state index contributed by atoms with van der Waals surface area (Å²) in [7, 11) is 0. The summed E-state index contributed by atoms with van der Waals surface area (Å²) < 4.78 is 12.9. The highest BCUT2D eigenvalue weighted by Gasteiger charge is 2.11. The Morgan fingerprint density at radius 3 is 2.62 bits per heavy atom. The van der Waals surface area contributed by atoms with E-state index in [1.165, 1.54) is 12.1 Å². The molecule has 0 atom stereocenters. The molecule has 1 heterocycles. The number of nitrogens with one attached hydrogen (secondary N) is 2. The van der Waals surface area contributed by atoms with E-state index in [2.05, 4.69) is 20.6 Å². The van der Waals surface area contributed by atoms with Gasteiger partial charge < -0.3 is 10.6 Å². The van der Waals surface area contributed by atoms with Crippen molar-refractivity contribution in [1.29, 1.82) is 0 Å². The van der Waals surface area contributed by atoms with Crippen LogP contribution in [0.25, 0.3) is 0 Å². The number of halogens is 2. The van der Waals surface area contributed by atoms with Gasteiger partial charge in [0.25, 0.3) is 5.91 Å². The van der Waals surface area contributed by atoms with E-state index >= 15 is 0 Å². The van der Waals surface area contributed by atoms with Gasteiger partial charge in [0.1, 0.15) is 23.2 Å². The molecular weight excluding hydrogens is 355 g/mol. The molecule has 2 N–H and O–H groups in total. The van der Waals surface area contributed by atoms with E-state index in [0.29, 0.717) is 16.7 Å². The number of amides is 1. The van der Waals surface area contributed by atoms with Crippen LogP contribution in [0.15, 0.2) is 54.6 Å². The van der Waals surface area contributed by atoms with Crippen LogP contribution >= 0.6 is 11.6 Å². The van der Waals surface area contributed by atoms with E-state index in [0.717, 1.165) is 11.3 Å². The Balaban J connectivity index is 1.71. The number of carbonyl (C=O) groups excluding carboxylic acids is 1. The Morgan fingerprint density at radius 2 is 1.88 bits per heavy atom. The van der Waals surface area contributed by atoms with Crippen LogP contribution in [0.5, 0.6) is 0 Å². The van der Waals surface area contributed by atoms with E-state index < -0.39 is 0 Å². The highest BCUT2D eigenvalue weighted by molar-refractivity contribution is 6.30. The monoisotopic (exact) mass is 370 g/mol. The quantitative estimate of drug-likeness (QED) is 0.704. The van der Waals surface area contributed by atoms with E-state index in [4.69, 9.17) is 11.6 Å². The van der Waals surface area contributed by atoms with Crippen molar-refractivity contribution in [3.8, 4) is 0 Å². The molecule has 1 aromatic heterocycles. The van der Waals surface area contributed by atoms with Crippen molar-refractivity contribution in [3.63, 3.8) is 0 Å². The van der Waals surface area contributed by atoms with Crippen LogP contribution in [0.3, 0.4) is 0 Å². The molecule has 0 spiro atoms. The minimum Gasteiger partial charge on any atom is -0.347 e. The van der Waals surface area contributed by atoms with Gasteiger partial charge in [-0.2, -0.15) is 0 Å². The normalized spacial score (nSPS) is 10.4. The minimum atomic E-state index is -0.339. The second-order valence-corrected chi connectivity index (χ2v) is 6.07. The van der Waals surface area contributed by atoms with Gasteiger partial charge in [0.15, 0.2) is 0 Å². The lowest BCUT2D eigenvalue weighted by molar-refractivity contribution is 0.0945. The Bertz CT molecular complexity index is 931. The van der Waals surface area contributed by atoms with Gasteiger partial charge in [-0.15, -0.1) is 0 Å². The van der Waals surface area contributed by atoms with Gasteiger partial charge in [0.2, 0.25) is 0 Å². The van der Waals surface area contributed by atoms with E-state index in [1.54, 1.807) is 37.3 Å². The first-order chi connectivity index (χ1) is 12.5. The van der Waals surface area contributed by atoms with Gasteiger partial charge in [-0.3, -0.25) is 4.79 Å². The molecule has 0 aliphatic heterocycles. The van der Waals surface area contributed by atoms with Gasteiger partial charge in [-0.1, -0.05) is 29.8 Å². The van der Waals surface area contributed by atoms with Crippen molar-refractivity contribution in [1.82, 2.24) is 15.3 Å². The Hall–Kier alpha value is -2.99. The zero-order chi connectivity index (χ0) is 18.5. The molecule has 26 heavy (non-hydrogen) atoms. The number of anilines is 2. The summed E-state index contributed by atoms with van der Waals surface area (Å²) >= 11 is 5.97. The number of aromatic nitrogens is 2. The van der Waals surface area contributed by atoms with Crippen LogP contribution in [-0.4, -0.2) is 15.9 Å². The summed E-state index contributed by atoms with van der Waals surface area (Å²) in [6.45, 7) is 1.99. The molecule has 0 saturated heterocycles. The SMILES string of the molecule is Cc1nc(Nc2cccc(Cl)c2)cc(C(=O)NCc2ccc(F)cc2)n1. The summed E-state index contributed by atoms with van der Waals surface area (Å²) in [6.07, 6.45) is 0. The van der Waals surface area contributed by atoms with E-state index in [1.807, 2.05) is 12.1 Å². The highest BCUT2D eigenvalue weighted by Crippen LogP contribution is 2.19. The second-order valence-electron chi connectivity index (χ2n) is 5.63. The van der Waals surface area contributed by atoms with Crippen LogP contribution in [0.1, 0.15) is 21.9 Å². The average molecular weight is 371 g/mol. The van der Waals surface area contributed by atoms with Gasteiger partial charge in [0, 0.05) is 23.3 Å². The molecule has 2 aromatic carbocycles. The number of benzene rings is 2. The molecule has 0 unspecified atom stereocenters. The van der Waals surface area contributed by atoms with Crippen molar-refractivity contribution in [3.05, 3.63) is 82.5 Å². The molecule has 7 heteroatoms. The molecule has 5 nitrogen and oxygen atoms in total. The van der Waals surface area contributed by atoms with Gasteiger partial charge in [-0.05, 0) is 42.8 Å². The molecule has 3 rings (SSSR count). The fourth-order valence-corrected chi connectivity index (χ4v) is 2.53. The zero-order valence-electron chi connectivity index (χ0n) is 14.0. The molecular formula is C19H16ClFN4O. The summed E-state index contributed by atoms with van der Waals surface area (Å²) in [5.41, 5.74) is 1.79. The van der Waals surface area contributed by atoms with Crippen molar-refractivity contribution < 1.29 is 9.18 Å². The smallest absolute Gasteiger partial charge is 0.270 e. The summed E-state index contributed by atoms with van der Waals surface area (Å²) in [4.78, 5) is 20.8. The first kappa shape index (κ1) is 17.8. The van der Waals surface area contributed by atoms with E-state index in [9.17, 15) is 9.18 Å². The number of hydrogen-bond donors (Lipinski definition) is 2. The third-order valence-electron chi connectivity index (χ3n) is 3.53. The number of hydrogen-bond acceptors (Lipinski definition) is 4. The largest absolute Gasteiger partial charge is 0.347 e. The fourth-order valence-electron chi connectivity index (χ4n) is 2.34. The third kappa shape index (κ3) is 4.77. The Morgan fingerprint density at radius 1 is 1.12 bits per heavy atom. The van der Waals surface area contributed by atoms with Crippen LogP contribution in [0.2, 0.25) is 5.02 Å². The van der Waals surface area contributed by atoms with Crippen LogP contribution in [0, 0.1) is 12.7 Å². The molecule has 0 fully saturated rings. The summed E-state index contributed by atoms with van der Waals surface area (Å²) in [5, 5.41) is 6.46. The molecule has 0 saturated carbocycles. The van der Waals surface area contributed by atoms with Gasteiger partial charge >= 0.3 is 0 Å². The predicted octanol–water partition coefficient (Wildman–Crippen LogP) is 4.25. The lowest BCUT2D eigenvalue weighted by Crippen LogP contribution is -2.24. The van der Waals surface area contributed by atoms with E-state index in [-0.39, 0.29) is 24.0 Å². The standard InChI is InChI=1S/C19H16ClFN4O/c1-12-23-17(19(26)22-11-13-5-7-15(21)8-6-13)10-18(24-12)25-16-4-2-3-14(20)9-16/h2-10H,11H2,1H3,(H,22,26)(H,23,24,25). The second kappa shape index (κ2) is 7.93. The number of rotatable bonds is 5. The summed E-state index contributed by atoms with van der Waals surface area (Å²) in [5.74, 6) is 0.299. The topological polar surface area (TPSA) is 66.9 Å². The molecule has 0 radical (unpaired) electrons. The first-order valence-electron chi connectivity index (χ1n) is 7.90. The maximum Gasteiger partial charge on any atom is 0.270 e. The fraction of sp³-hybridized carbons (Fsp3) is 0.105. The Labute approximate surface area is 155 Å². The predicted molar refractivity (Wildman–Crippen MR) is 99.1 cm³/mol. The number of carbonyl (C=O) groups is 1. The lowest BCUT2D eigenvalue weighted by atomic mass is 10.2. The van der Waals surface area contributed by atoms with Crippen LogP contribution in [-0.2, 0) is 6.54 Å². The average Bonchev–Trinajstić information content (AvgIpc) is 2.60. The molecule has 0 aliphatic carbocycles. The molecule has 1 amide bonds. The Kier molecular flexibility index (Phi) is 5.43. The molecule has 0 aliphatic rings. The van der Waals surface area contributed by atoms with Crippen molar-refractivity contribution in [2.75, 3.05) is 5.32 Å². The maximum absolute atomic E-state index is 12.9. The third-order valence-corrected chi connectivity index (χ3v) is 3.77. The highest BCUT2D eigenvalue weighted by atomic mass is 35.5. The maximum atomic E-state index is 12.9. The molecule has 132 valence electrons. The van der Waals surface area contributed by atoms with Gasteiger partial charge in [-0.25, -0.2) is 14.4 Å². The van der Waals surface area contributed by atoms with Crippen molar-refractivity contribution >= 4 is 29.0 Å². The molecule has 0 bridgehead atoms. The first-order valence-corrected chi connectivity index (χ1v) is 8.28. The van der Waals surface area contributed by atoms with Crippen molar-refractivity contribution in [2.24, 2.45) is 0 Å². The summed E-state index contributed by atoms with van der Waals surface area (Å²) in [6, 6.07) is 14.7. The zero-order valence-corrected chi connectivity index (χ0v) is 14.7. The minimum absolute atomic E-state index is 0.240. The van der Waals surface area contributed by atoms with Crippen LogP contribution < -0.4 is 10.6 Å². The van der Waals surface area contributed by atoms with Crippen molar-refractivity contribution in [2.45, 2.75) is 13.5 Å². The molecule has 3 aromatic rings. The van der Waals surface area contributed by atoms with Gasteiger partial charge in [0.05, 0.1) is 0 Å². The van der Waals surface area contributed by atoms with Crippen LogP contribution in [0.4, 0.5) is 15.9 Å². The number of aryl methyl sites for hydroxylation is 1. The lowest BCUT2D eigenvalue weighted by Gasteiger charge is -2.09. The number of nitrogens with zero attached hydrogens (tertiary/aromatic N) is 2.